The first-order valence-electron chi connectivity index (χ1n) is 6.49. The average Bonchev–Trinajstić information content (AvgIpc) is 3.14. The highest BCUT2D eigenvalue weighted by Crippen LogP contribution is 2.30. The van der Waals surface area contributed by atoms with Crippen molar-refractivity contribution in [1.29, 1.82) is 0 Å². The number of hydrogen-bond donors (Lipinski definition) is 1. The van der Waals surface area contributed by atoms with Gasteiger partial charge in [-0.1, -0.05) is 6.07 Å². The van der Waals surface area contributed by atoms with Gasteiger partial charge in [0.15, 0.2) is 0 Å². The lowest BCUT2D eigenvalue weighted by Gasteiger charge is -2.16. The minimum absolute atomic E-state index is 0.104. The molecule has 2 fully saturated rings. The molecule has 1 saturated carbocycles. The van der Waals surface area contributed by atoms with Crippen LogP contribution < -0.4 is 5.32 Å². The smallest absolute Gasteiger partial charge is 0.251 e. The molecule has 1 unspecified atom stereocenters. The van der Waals surface area contributed by atoms with E-state index >= 15 is 0 Å². The summed E-state index contributed by atoms with van der Waals surface area (Å²) >= 11 is 0. The predicted octanol–water partition coefficient (Wildman–Crippen LogP) is 1.32. The van der Waals surface area contributed by atoms with Gasteiger partial charge in [-0.15, -0.1) is 0 Å². The molecule has 1 saturated heterocycles. The fraction of sp³-hybridized carbons (Fsp3) is 0.429. The van der Waals surface area contributed by atoms with Crippen LogP contribution in [0.15, 0.2) is 24.3 Å². The van der Waals surface area contributed by atoms with Gasteiger partial charge in [-0.3, -0.25) is 9.59 Å². The predicted molar refractivity (Wildman–Crippen MR) is 67.0 cm³/mol. The maximum atomic E-state index is 13.0. The molecule has 1 N–H and O–H groups in total. The molecule has 1 aliphatic heterocycles. The van der Waals surface area contributed by atoms with Crippen molar-refractivity contribution < 1.29 is 14.0 Å². The van der Waals surface area contributed by atoms with Crippen LogP contribution in [0.25, 0.3) is 0 Å². The Labute approximate surface area is 110 Å². The molecule has 5 heteroatoms. The van der Waals surface area contributed by atoms with E-state index in [1.54, 1.807) is 6.07 Å². The number of nitrogens with zero attached hydrogens (tertiary/aromatic N) is 1. The number of carbonyl (C=O) groups is 2. The van der Waals surface area contributed by atoms with E-state index in [2.05, 4.69) is 5.32 Å². The number of carbonyl (C=O) groups excluding carboxylic acids is 2. The van der Waals surface area contributed by atoms with Crippen molar-refractivity contribution in [2.45, 2.75) is 31.3 Å². The SMILES string of the molecule is O=C(NC1CC(=O)N(C2CC2)C1)c1cccc(F)c1. The monoisotopic (exact) mass is 262 g/mol. The number of rotatable bonds is 3. The normalized spacial score (nSPS) is 22.7. The van der Waals surface area contributed by atoms with Crippen molar-refractivity contribution >= 4 is 11.8 Å². The van der Waals surface area contributed by atoms with E-state index in [0.717, 1.165) is 12.8 Å². The highest BCUT2D eigenvalue weighted by Gasteiger charge is 2.39. The molecule has 2 amide bonds. The van der Waals surface area contributed by atoms with Crippen LogP contribution in [0, 0.1) is 5.82 Å². The first-order chi connectivity index (χ1) is 9.13. The molecule has 1 heterocycles. The lowest BCUT2D eigenvalue weighted by molar-refractivity contribution is -0.128. The van der Waals surface area contributed by atoms with Gasteiger partial charge >= 0.3 is 0 Å². The highest BCUT2D eigenvalue weighted by atomic mass is 19.1. The topological polar surface area (TPSA) is 49.4 Å². The van der Waals surface area contributed by atoms with Gasteiger partial charge in [0.2, 0.25) is 5.91 Å². The van der Waals surface area contributed by atoms with E-state index in [1.807, 2.05) is 4.90 Å². The maximum Gasteiger partial charge on any atom is 0.251 e. The van der Waals surface area contributed by atoms with E-state index in [-0.39, 0.29) is 23.4 Å². The van der Waals surface area contributed by atoms with Gasteiger partial charge in [0.25, 0.3) is 5.91 Å². The summed E-state index contributed by atoms with van der Waals surface area (Å²) in [6.07, 6.45) is 2.48. The van der Waals surface area contributed by atoms with Crippen molar-refractivity contribution in [1.82, 2.24) is 10.2 Å². The van der Waals surface area contributed by atoms with Crippen molar-refractivity contribution in [3.05, 3.63) is 35.6 Å². The molecule has 3 rings (SSSR count). The molecule has 1 aliphatic carbocycles. The number of hydrogen-bond acceptors (Lipinski definition) is 2. The third-order valence-corrected chi connectivity index (χ3v) is 3.57. The number of benzene rings is 1. The second-order valence-corrected chi connectivity index (χ2v) is 5.16. The standard InChI is InChI=1S/C14H15FN2O2/c15-10-3-1-2-9(6-10)14(19)16-11-7-13(18)17(8-11)12-4-5-12/h1-3,6,11-12H,4-5,7-8H2,(H,16,19). The quantitative estimate of drug-likeness (QED) is 0.893. The second kappa shape index (κ2) is 4.64. The molecule has 19 heavy (non-hydrogen) atoms. The van der Waals surface area contributed by atoms with Gasteiger partial charge in [-0.2, -0.15) is 0 Å². The Hall–Kier alpha value is -1.91. The van der Waals surface area contributed by atoms with Crippen LogP contribution in [-0.2, 0) is 4.79 Å². The molecule has 0 bridgehead atoms. The van der Waals surface area contributed by atoms with Gasteiger partial charge in [0.1, 0.15) is 5.82 Å². The fourth-order valence-corrected chi connectivity index (χ4v) is 2.47. The third kappa shape index (κ3) is 2.59. The van der Waals surface area contributed by atoms with Crippen LogP contribution in [0.3, 0.4) is 0 Å². The zero-order chi connectivity index (χ0) is 13.4. The molecule has 1 aromatic carbocycles. The van der Waals surface area contributed by atoms with Crippen LogP contribution in [0.4, 0.5) is 4.39 Å². The van der Waals surface area contributed by atoms with E-state index in [1.165, 1.54) is 18.2 Å². The Kier molecular flexibility index (Phi) is 2.97. The zero-order valence-electron chi connectivity index (χ0n) is 10.4. The molecule has 100 valence electrons. The van der Waals surface area contributed by atoms with E-state index in [9.17, 15) is 14.0 Å². The van der Waals surface area contributed by atoms with Crippen molar-refractivity contribution in [3.63, 3.8) is 0 Å². The maximum absolute atomic E-state index is 13.0. The van der Waals surface area contributed by atoms with Crippen LogP contribution in [0.2, 0.25) is 0 Å². The second-order valence-electron chi connectivity index (χ2n) is 5.16. The molecule has 0 aromatic heterocycles. The highest BCUT2D eigenvalue weighted by molar-refractivity contribution is 5.95. The average molecular weight is 262 g/mol. The summed E-state index contributed by atoms with van der Waals surface area (Å²) < 4.78 is 13.0. The van der Waals surface area contributed by atoms with Crippen LogP contribution in [0.5, 0.6) is 0 Å². The molecule has 1 atom stereocenters. The summed E-state index contributed by atoms with van der Waals surface area (Å²) in [7, 11) is 0. The lowest BCUT2D eigenvalue weighted by atomic mass is 10.2. The molecular formula is C14H15FN2O2. The number of nitrogens with one attached hydrogen (secondary N) is 1. The number of halogens is 1. The van der Waals surface area contributed by atoms with Crippen molar-refractivity contribution in [3.8, 4) is 0 Å². The van der Waals surface area contributed by atoms with Gasteiger partial charge < -0.3 is 10.2 Å². The lowest BCUT2D eigenvalue weighted by Crippen LogP contribution is -2.37. The van der Waals surface area contributed by atoms with Crippen LogP contribution in [0.1, 0.15) is 29.6 Å². The Bertz CT molecular complexity index is 528. The van der Waals surface area contributed by atoms with Crippen molar-refractivity contribution in [2.24, 2.45) is 0 Å². The van der Waals surface area contributed by atoms with Crippen LogP contribution in [-0.4, -0.2) is 35.3 Å². The zero-order valence-corrected chi connectivity index (χ0v) is 10.4. The van der Waals surface area contributed by atoms with Gasteiger partial charge in [0, 0.05) is 24.6 Å². The molecule has 1 aromatic rings. The van der Waals surface area contributed by atoms with Crippen LogP contribution >= 0.6 is 0 Å². The minimum Gasteiger partial charge on any atom is -0.347 e. The Morgan fingerprint density at radius 3 is 2.84 bits per heavy atom. The molecule has 0 radical (unpaired) electrons. The van der Waals surface area contributed by atoms with Gasteiger partial charge in [-0.25, -0.2) is 4.39 Å². The first-order valence-corrected chi connectivity index (χ1v) is 6.49. The fourth-order valence-electron chi connectivity index (χ4n) is 2.47. The summed E-state index contributed by atoms with van der Waals surface area (Å²) in [5.41, 5.74) is 0.289. The molecule has 0 spiro atoms. The summed E-state index contributed by atoms with van der Waals surface area (Å²) in [6, 6.07) is 5.77. The van der Waals surface area contributed by atoms with Gasteiger partial charge in [0.05, 0.1) is 6.04 Å². The Balaban J connectivity index is 1.62. The van der Waals surface area contributed by atoms with Gasteiger partial charge in [-0.05, 0) is 31.0 Å². The van der Waals surface area contributed by atoms with E-state index in [0.29, 0.717) is 19.0 Å². The third-order valence-electron chi connectivity index (χ3n) is 3.57. The first kappa shape index (κ1) is 12.1. The summed E-state index contributed by atoms with van der Waals surface area (Å²) in [5.74, 6) is -0.656. The van der Waals surface area contributed by atoms with E-state index in [4.69, 9.17) is 0 Å². The van der Waals surface area contributed by atoms with E-state index < -0.39 is 5.82 Å². The largest absolute Gasteiger partial charge is 0.347 e. The number of amides is 2. The molecular weight excluding hydrogens is 247 g/mol. The molecule has 2 aliphatic rings. The summed E-state index contributed by atoms with van der Waals surface area (Å²) in [6.45, 7) is 0.574. The Morgan fingerprint density at radius 1 is 1.37 bits per heavy atom. The summed E-state index contributed by atoms with van der Waals surface area (Å²) in [5, 5.41) is 2.80. The van der Waals surface area contributed by atoms with Crippen molar-refractivity contribution in [2.75, 3.05) is 6.54 Å². The Morgan fingerprint density at radius 2 is 2.16 bits per heavy atom. The summed E-state index contributed by atoms with van der Waals surface area (Å²) in [4.78, 5) is 25.5. The minimum atomic E-state index is -0.435. The number of likely N-dealkylation sites (tertiary alicyclic amines) is 1. The molecule has 4 nitrogen and oxygen atoms in total.